The van der Waals surface area contributed by atoms with Crippen molar-refractivity contribution >= 4 is 49.4 Å². The average molecular weight is 437 g/mol. The number of methoxy groups -OCH3 is 1. The first-order chi connectivity index (χ1) is 9.92. The predicted octanol–water partition coefficient (Wildman–Crippen LogP) is 4.76. The molecule has 2 aromatic rings. The molecule has 1 N–H and O–H groups in total. The van der Waals surface area contributed by atoms with E-state index in [1.54, 1.807) is 19.2 Å². The van der Waals surface area contributed by atoms with Crippen LogP contribution in [-0.4, -0.2) is 23.2 Å². The van der Waals surface area contributed by atoms with Gasteiger partial charge in [-0.05, 0) is 44.0 Å². The van der Waals surface area contributed by atoms with E-state index in [9.17, 15) is 4.79 Å². The molecule has 0 spiro atoms. The number of aromatic carboxylic acids is 1. The first-order valence-electron chi connectivity index (χ1n) is 5.52. The molecule has 0 unspecified atom stereocenters. The molecule has 0 aliphatic carbocycles. The predicted molar refractivity (Wildman–Crippen MR) is 84.7 cm³/mol. The molecule has 5 nitrogen and oxygen atoms in total. The summed E-state index contributed by atoms with van der Waals surface area (Å²) in [6.07, 6.45) is 1.23. The Labute approximate surface area is 142 Å². The maximum Gasteiger partial charge on any atom is 0.337 e. The maximum atomic E-state index is 11.0. The first-order valence-corrected chi connectivity index (χ1v) is 7.48. The van der Waals surface area contributed by atoms with Gasteiger partial charge in [0.1, 0.15) is 11.5 Å². The molecule has 1 heterocycles. The van der Waals surface area contributed by atoms with Crippen molar-refractivity contribution in [2.24, 2.45) is 0 Å². The van der Waals surface area contributed by atoms with Crippen molar-refractivity contribution in [3.63, 3.8) is 0 Å². The van der Waals surface area contributed by atoms with Gasteiger partial charge in [-0.3, -0.25) is 0 Å². The molecule has 0 aliphatic rings. The largest absolute Gasteiger partial charge is 0.496 e. The summed E-state index contributed by atoms with van der Waals surface area (Å²) < 4.78 is 12.0. The van der Waals surface area contributed by atoms with E-state index < -0.39 is 5.97 Å². The lowest BCUT2D eigenvalue weighted by Crippen LogP contribution is -1.99. The Bertz CT molecular complexity index is 709. The highest BCUT2D eigenvalue weighted by Crippen LogP contribution is 2.38. The third-order valence-electron chi connectivity index (χ3n) is 2.48. The van der Waals surface area contributed by atoms with Crippen molar-refractivity contribution in [2.75, 3.05) is 7.11 Å². The number of pyridine rings is 1. The highest BCUT2D eigenvalue weighted by atomic mass is 79.9. The summed E-state index contributed by atoms with van der Waals surface area (Å²) in [6, 6.07) is 4.66. The normalized spacial score (nSPS) is 10.3. The van der Waals surface area contributed by atoms with Gasteiger partial charge in [0.25, 0.3) is 0 Å². The third kappa shape index (κ3) is 3.66. The van der Waals surface area contributed by atoms with Gasteiger partial charge in [0.15, 0.2) is 0 Å². The van der Waals surface area contributed by atoms with Crippen molar-refractivity contribution in [3.05, 3.63) is 43.9 Å². The second-order valence-corrected chi connectivity index (χ2v) is 5.94. The van der Waals surface area contributed by atoms with Crippen molar-refractivity contribution in [1.29, 1.82) is 0 Å². The van der Waals surface area contributed by atoms with Crippen LogP contribution in [0, 0.1) is 0 Å². The van der Waals surface area contributed by atoms with Crippen molar-refractivity contribution in [2.45, 2.75) is 0 Å². The molecule has 0 radical (unpaired) electrons. The zero-order valence-corrected chi connectivity index (χ0v) is 14.5. The van der Waals surface area contributed by atoms with Gasteiger partial charge >= 0.3 is 5.97 Å². The van der Waals surface area contributed by atoms with Gasteiger partial charge in [0.05, 0.1) is 32.8 Å². The van der Waals surface area contributed by atoms with Crippen LogP contribution >= 0.6 is 43.5 Å². The van der Waals surface area contributed by atoms with E-state index in [-0.39, 0.29) is 16.5 Å². The summed E-state index contributed by atoms with van der Waals surface area (Å²) in [4.78, 5) is 15.0. The molecule has 0 fully saturated rings. The number of rotatable bonds is 4. The molecule has 0 saturated heterocycles. The van der Waals surface area contributed by atoms with E-state index >= 15 is 0 Å². The van der Waals surface area contributed by atoms with Crippen LogP contribution < -0.4 is 9.47 Å². The summed E-state index contributed by atoms with van der Waals surface area (Å²) in [5.41, 5.74) is -0.0784. The lowest BCUT2D eigenvalue weighted by Gasteiger charge is -2.11. The van der Waals surface area contributed by atoms with Gasteiger partial charge in [-0.15, -0.1) is 0 Å². The molecule has 0 amide bonds. The number of hydrogen-bond donors (Lipinski definition) is 1. The van der Waals surface area contributed by atoms with Crippen LogP contribution in [0.25, 0.3) is 0 Å². The van der Waals surface area contributed by atoms with Crippen molar-refractivity contribution in [1.82, 2.24) is 4.98 Å². The molecule has 21 heavy (non-hydrogen) atoms. The Morgan fingerprint density at radius 3 is 2.48 bits per heavy atom. The van der Waals surface area contributed by atoms with Crippen LogP contribution in [-0.2, 0) is 0 Å². The van der Waals surface area contributed by atoms with E-state index in [1.807, 2.05) is 0 Å². The van der Waals surface area contributed by atoms with Crippen LogP contribution in [0.1, 0.15) is 10.4 Å². The Morgan fingerprint density at radius 2 is 1.86 bits per heavy atom. The van der Waals surface area contributed by atoms with Crippen LogP contribution in [0.15, 0.2) is 33.3 Å². The number of carboxylic acids is 1. The fourth-order valence-corrected chi connectivity index (χ4v) is 2.57. The van der Waals surface area contributed by atoms with E-state index in [4.69, 9.17) is 26.2 Å². The molecule has 8 heteroatoms. The van der Waals surface area contributed by atoms with Gasteiger partial charge in [-0.1, -0.05) is 11.6 Å². The fraction of sp³-hybridized carbons (Fsp3) is 0.0769. The second-order valence-electron chi connectivity index (χ2n) is 3.83. The van der Waals surface area contributed by atoms with Gasteiger partial charge < -0.3 is 14.6 Å². The van der Waals surface area contributed by atoms with Gasteiger partial charge in [-0.2, -0.15) is 0 Å². The van der Waals surface area contributed by atoms with E-state index in [1.165, 1.54) is 12.3 Å². The molecule has 0 atom stereocenters. The minimum atomic E-state index is -1.15. The first kappa shape index (κ1) is 16.1. The summed E-state index contributed by atoms with van der Waals surface area (Å²) in [6.45, 7) is 0. The third-order valence-corrected chi connectivity index (χ3v) is 4.02. The van der Waals surface area contributed by atoms with E-state index in [0.717, 1.165) is 0 Å². The number of benzene rings is 1. The Morgan fingerprint density at radius 1 is 1.24 bits per heavy atom. The zero-order chi connectivity index (χ0) is 15.6. The molecule has 0 bridgehead atoms. The summed E-state index contributed by atoms with van der Waals surface area (Å²) in [5.74, 6) is 0.0511. The van der Waals surface area contributed by atoms with Gasteiger partial charge in [0, 0.05) is 6.07 Å². The minimum absolute atomic E-state index is 0.0461. The van der Waals surface area contributed by atoms with Crippen molar-refractivity contribution < 1.29 is 19.4 Å². The summed E-state index contributed by atoms with van der Waals surface area (Å²) >= 11 is 12.4. The van der Waals surface area contributed by atoms with Crippen LogP contribution in [0.5, 0.6) is 17.4 Å². The Balaban J connectivity index is 2.36. The standard InChI is InChI=1S/C13H8Br2ClNO4/c1-20-10-3-8(15)11(4-7(10)14)21-12-2-6(13(18)19)9(16)5-17-12/h2-5H,1H3,(H,18,19). The molecule has 1 aromatic heterocycles. The maximum absolute atomic E-state index is 11.0. The number of carboxylic acid groups (broad SMARTS) is 1. The topological polar surface area (TPSA) is 68.7 Å². The quantitative estimate of drug-likeness (QED) is 0.747. The smallest absolute Gasteiger partial charge is 0.337 e. The summed E-state index contributed by atoms with van der Waals surface area (Å²) in [5, 5.41) is 9.07. The molecule has 1 aromatic carbocycles. The lowest BCUT2D eigenvalue weighted by molar-refractivity contribution is 0.0696. The lowest BCUT2D eigenvalue weighted by atomic mass is 10.2. The molecular formula is C13H8Br2ClNO4. The molecule has 0 aliphatic heterocycles. The highest BCUT2D eigenvalue weighted by molar-refractivity contribution is 9.11. The SMILES string of the molecule is COc1cc(Br)c(Oc2cc(C(=O)O)c(Cl)cn2)cc1Br. The number of nitrogens with zero attached hydrogens (tertiary/aromatic N) is 1. The highest BCUT2D eigenvalue weighted by Gasteiger charge is 2.14. The van der Waals surface area contributed by atoms with Crippen LogP contribution in [0.2, 0.25) is 5.02 Å². The fourth-order valence-electron chi connectivity index (χ4n) is 1.50. The number of halogens is 3. The van der Waals surface area contributed by atoms with E-state index in [2.05, 4.69) is 36.8 Å². The molecule has 2 rings (SSSR count). The minimum Gasteiger partial charge on any atom is -0.496 e. The molecule has 110 valence electrons. The number of hydrogen-bond acceptors (Lipinski definition) is 4. The average Bonchev–Trinajstić information content (AvgIpc) is 2.44. The van der Waals surface area contributed by atoms with Crippen LogP contribution in [0.4, 0.5) is 0 Å². The van der Waals surface area contributed by atoms with Gasteiger partial charge in [0.2, 0.25) is 5.88 Å². The van der Waals surface area contributed by atoms with Crippen molar-refractivity contribution in [3.8, 4) is 17.4 Å². The summed E-state index contributed by atoms with van der Waals surface area (Å²) in [7, 11) is 1.55. The zero-order valence-electron chi connectivity index (χ0n) is 10.6. The monoisotopic (exact) mass is 435 g/mol. The molecule has 0 saturated carbocycles. The Kier molecular flexibility index (Phi) is 5.08. The second kappa shape index (κ2) is 6.64. The number of aromatic nitrogens is 1. The molecular weight excluding hydrogens is 429 g/mol. The Hall–Kier alpha value is -1.31. The van der Waals surface area contributed by atoms with E-state index in [0.29, 0.717) is 20.4 Å². The number of carbonyl (C=O) groups is 1. The van der Waals surface area contributed by atoms with Gasteiger partial charge in [-0.25, -0.2) is 9.78 Å². The van der Waals surface area contributed by atoms with Crippen LogP contribution in [0.3, 0.4) is 0 Å². The number of ether oxygens (including phenoxy) is 2.